The Kier molecular flexibility index (Phi) is 3.70. The van der Waals surface area contributed by atoms with Crippen molar-refractivity contribution in [2.24, 2.45) is 0 Å². The van der Waals surface area contributed by atoms with Crippen LogP contribution in [0, 0.1) is 6.92 Å². The summed E-state index contributed by atoms with van der Waals surface area (Å²) in [6, 6.07) is 12.8. The molecule has 20 heavy (non-hydrogen) atoms. The van der Waals surface area contributed by atoms with E-state index in [9.17, 15) is 0 Å². The summed E-state index contributed by atoms with van der Waals surface area (Å²) in [4.78, 5) is 7.29. The summed E-state index contributed by atoms with van der Waals surface area (Å²) in [6.07, 6.45) is 2.97. The van der Waals surface area contributed by atoms with Gasteiger partial charge in [-0.1, -0.05) is 13.0 Å². The van der Waals surface area contributed by atoms with Crippen LogP contribution in [0.2, 0.25) is 0 Å². The van der Waals surface area contributed by atoms with Gasteiger partial charge in [0, 0.05) is 33.6 Å². The largest absolute Gasteiger partial charge is 0.380 e. The van der Waals surface area contributed by atoms with Crippen molar-refractivity contribution >= 4 is 27.9 Å². The SMILES string of the molecule is CCc1ccc(CNc2ccc(C)c3ncccc23)s1. The van der Waals surface area contributed by atoms with Crippen LogP contribution < -0.4 is 5.32 Å². The van der Waals surface area contributed by atoms with Gasteiger partial charge >= 0.3 is 0 Å². The molecule has 3 heteroatoms. The van der Waals surface area contributed by atoms with E-state index in [0.717, 1.165) is 24.2 Å². The van der Waals surface area contributed by atoms with Crippen molar-refractivity contribution in [2.45, 2.75) is 26.8 Å². The van der Waals surface area contributed by atoms with E-state index >= 15 is 0 Å². The number of rotatable bonds is 4. The first-order chi connectivity index (χ1) is 9.78. The fourth-order valence-corrected chi connectivity index (χ4v) is 3.26. The standard InChI is InChI=1S/C17H18N2S/c1-3-13-7-8-14(20-13)11-19-16-9-6-12(2)17-15(16)5-4-10-18-17/h4-10,19H,3,11H2,1-2H3. The summed E-state index contributed by atoms with van der Waals surface area (Å²) in [7, 11) is 0. The van der Waals surface area contributed by atoms with Gasteiger partial charge in [-0.3, -0.25) is 4.98 Å². The molecule has 0 fully saturated rings. The van der Waals surface area contributed by atoms with E-state index in [2.05, 4.69) is 54.5 Å². The molecule has 0 spiro atoms. The zero-order chi connectivity index (χ0) is 13.9. The second-order valence-corrected chi connectivity index (χ2v) is 6.16. The predicted octanol–water partition coefficient (Wildman–Crippen LogP) is 4.78. The average molecular weight is 282 g/mol. The number of hydrogen-bond acceptors (Lipinski definition) is 3. The molecule has 3 rings (SSSR count). The van der Waals surface area contributed by atoms with Gasteiger partial charge in [0.25, 0.3) is 0 Å². The van der Waals surface area contributed by atoms with Crippen LogP contribution in [0.15, 0.2) is 42.6 Å². The summed E-state index contributed by atoms with van der Waals surface area (Å²) >= 11 is 1.88. The van der Waals surface area contributed by atoms with Gasteiger partial charge < -0.3 is 5.32 Å². The number of benzene rings is 1. The van der Waals surface area contributed by atoms with Gasteiger partial charge in [-0.05, 0) is 49.2 Å². The summed E-state index contributed by atoms with van der Waals surface area (Å²) in [5, 5.41) is 4.73. The third-order valence-electron chi connectivity index (χ3n) is 3.49. The number of fused-ring (bicyclic) bond motifs is 1. The van der Waals surface area contributed by atoms with Crippen LogP contribution in [-0.2, 0) is 13.0 Å². The predicted molar refractivity (Wildman–Crippen MR) is 87.5 cm³/mol. The van der Waals surface area contributed by atoms with Crippen LogP contribution in [0.1, 0.15) is 22.2 Å². The molecule has 0 aliphatic rings. The first kappa shape index (κ1) is 13.1. The third-order valence-corrected chi connectivity index (χ3v) is 4.72. The van der Waals surface area contributed by atoms with Crippen molar-refractivity contribution in [3.05, 3.63) is 57.9 Å². The van der Waals surface area contributed by atoms with E-state index in [-0.39, 0.29) is 0 Å². The Hall–Kier alpha value is -1.87. The van der Waals surface area contributed by atoms with Crippen molar-refractivity contribution in [3.8, 4) is 0 Å². The van der Waals surface area contributed by atoms with Crippen LogP contribution in [0.4, 0.5) is 5.69 Å². The third kappa shape index (κ3) is 2.54. The lowest BCUT2D eigenvalue weighted by Crippen LogP contribution is -1.99. The van der Waals surface area contributed by atoms with Crippen molar-refractivity contribution in [1.29, 1.82) is 0 Å². The minimum absolute atomic E-state index is 0.873. The van der Waals surface area contributed by atoms with Crippen LogP contribution >= 0.6 is 11.3 Å². The van der Waals surface area contributed by atoms with Crippen molar-refractivity contribution in [3.63, 3.8) is 0 Å². The van der Waals surface area contributed by atoms with E-state index in [0.29, 0.717) is 0 Å². The number of hydrogen-bond donors (Lipinski definition) is 1. The Morgan fingerprint density at radius 3 is 2.75 bits per heavy atom. The first-order valence-electron chi connectivity index (χ1n) is 6.93. The Bertz CT molecular complexity index is 731. The van der Waals surface area contributed by atoms with Gasteiger partial charge in [-0.25, -0.2) is 0 Å². The van der Waals surface area contributed by atoms with Crippen LogP contribution in [0.25, 0.3) is 10.9 Å². The molecule has 0 unspecified atom stereocenters. The maximum absolute atomic E-state index is 4.48. The molecule has 1 N–H and O–H groups in total. The van der Waals surface area contributed by atoms with Gasteiger partial charge in [0.2, 0.25) is 0 Å². The van der Waals surface area contributed by atoms with E-state index in [4.69, 9.17) is 0 Å². The first-order valence-corrected chi connectivity index (χ1v) is 7.75. The van der Waals surface area contributed by atoms with Gasteiger partial charge in [0.05, 0.1) is 5.52 Å². The molecule has 1 aromatic carbocycles. The number of aryl methyl sites for hydroxylation is 2. The molecular formula is C17H18N2S. The minimum Gasteiger partial charge on any atom is -0.380 e. The molecule has 0 saturated carbocycles. The fourth-order valence-electron chi connectivity index (χ4n) is 2.36. The number of pyridine rings is 1. The highest BCUT2D eigenvalue weighted by atomic mass is 32.1. The summed E-state index contributed by atoms with van der Waals surface area (Å²) in [6.45, 7) is 5.17. The molecule has 0 radical (unpaired) electrons. The van der Waals surface area contributed by atoms with Gasteiger partial charge in [-0.15, -0.1) is 11.3 Å². The Morgan fingerprint density at radius 2 is 1.95 bits per heavy atom. The molecule has 0 amide bonds. The van der Waals surface area contributed by atoms with Crippen molar-refractivity contribution in [2.75, 3.05) is 5.32 Å². The quantitative estimate of drug-likeness (QED) is 0.745. The zero-order valence-electron chi connectivity index (χ0n) is 11.8. The summed E-state index contributed by atoms with van der Waals surface area (Å²) < 4.78 is 0. The van der Waals surface area contributed by atoms with Crippen LogP contribution in [-0.4, -0.2) is 4.98 Å². The molecule has 0 atom stereocenters. The van der Waals surface area contributed by atoms with Crippen molar-refractivity contribution < 1.29 is 0 Å². The normalized spacial score (nSPS) is 10.9. The lowest BCUT2D eigenvalue weighted by molar-refractivity contribution is 1.19. The molecule has 0 aliphatic carbocycles. The summed E-state index contributed by atoms with van der Waals surface area (Å²) in [5.41, 5.74) is 3.46. The van der Waals surface area contributed by atoms with Gasteiger partial charge in [0.15, 0.2) is 0 Å². The molecule has 2 nitrogen and oxygen atoms in total. The highest BCUT2D eigenvalue weighted by Gasteiger charge is 2.05. The van der Waals surface area contributed by atoms with Crippen molar-refractivity contribution in [1.82, 2.24) is 4.98 Å². The minimum atomic E-state index is 0.873. The van der Waals surface area contributed by atoms with E-state index in [1.165, 1.54) is 20.7 Å². The second-order valence-electron chi connectivity index (χ2n) is 4.90. The molecule has 2 heterocycles. The highest BCUT2D eigenvalue weighted by molar-refractivity contribution is 7.12. The molecule has 0 bridgehead atoms. The molecule has 0 saturated heterocycles. The average Bonchev–Trinajstić information content (AvgIpc) is 2.95. The van der Waals surface area contributed by atoms with Crippen LogP contribution in [0.3, 0.4) is 0 Å². The lowest BCUT2D eigenvalue weighted by Gasteiger charge is -2.10. The monoisotopic (exact) mass is 282 g/mol. The van der Waals surface area contributed by atoms with E-state index in [1.807, 2.05) is 23.6 Å². The number of nitrogens with zero attached hydrogens (tertiary/aromatic N) is 1. The Labute approximate surface area is 123 Å². The van der Waals surface area contributed by atoms with Crippen LogP contribution in [0.5, 0.6) is 0 Å². The molecule has 2 aromatic heterocycles. The molecule has 3 aromatic rings. The second kappa shape index (κ2) is 5.63. The molecule has 102 valence electrons. The molecule has 0 aliphatic heterocycles. The zero-order valence-corrected chi connectivity index (χ0v) is 12.6. The maximum atomic E-state index is 4.48. The van der Waals surface area contributed by atoms with Gasteiger partial charge in [-0.2, -0.15) is 0 Å². The number of anilines is 1. The van der Waals surface area contributed by atoms with E-state index < -0.39 is 0 Å². The number of aromatic nitrogens is 1. The lowest BCUT2D eigenvalue weighted by atomic mass is 10.1. The topological polar surface area (TPSA) is 24.9 Å². The maximum Gasteiger partial charge on any atom is 0.0751 e. The number of thiophene rings is 1. The van der Waals surface area contributed by atoms with Gasteiger partial charge in [0.1, 0.15) is 0 Å². The fraction of sp³-hybridized carbons (Fsp3) is 0.235. The highest BCUT2D eigenvalue weighted by Crippen LogP contribution is 2.26. The Morgan fingerprint density at radius 1 is 1.10 bits per heavy atom. The smallest absolute Gasteiger partial charge is 0.0751 e. The Balaban J connectivity index is 1.86. The van der Waals surface area contributed by atoms with E-state index in [1.54, 1.807) is 0 Å². The molecular weight excluding hydrogens is 264 g/mol. The summed E-state index contributed by atoms with van der Waals surface area (Å²) in [5.74, 6) is 0. The number of nitrogens with one attached hydrogen (secondary N) is 1.